The van der Waals surface area contributed by atoms with Crippen LogP contribution in [0.15, 0.2) is 18.2 Å². The number of halogens is 1. The molecule has 1 rings (SSSR count). The lowest BCUT2D eigenvalue weighted by atomic mass is 10.1. The molecule has 1 amide bonds. The molecule has 0 heterocycles. The lowest BCUT2D eigenvalue weighted by Gasteiger charge is -2.14. The second-order valence-corrected chi connectivity index (χ2v) is 5.75. The van der Waals surface area contributed by atoms with E-state index in [4.69, 9.17) is 9.47 Å². The first-order chi connectivity index (χ1) is 9.60. The van der Waals surface area contributed by atoms with Gasteiger partial charge in [-0.25, -0.2) is 0 Å². The molecule has 0 radical (unpaired) electrons. The fourth-order valence-electron chi connectivity index (χ4n) is 1.79. The van der Waals surface area contributed by atoms with Crippen molar-refractivity contribution in [1.82, 2.24) is 0 Å². The highest BCUT2D eigenvalue weighted by molar-refractivity contribution is 9.09. The van der Waals surface area contributed by atoms with Crippen LogP contribution >= 0.6 is 15.9 Å². The summed E-state index contributed by atoms with van der Waals surface area (Å²) in [6.45, 7) is 4.66. The SMILES string of the molecule is CCOc1cc(CC(Br)CC)ccc1NC(=O)COC. The predicted molar refractivity (Wildman–Crippen MR) is 84.8 cm³/mol. The Morgan fingerprint density at radius 1 is 1.40 bits per heavy atom. The molecule has 0 aliphatic carbocycles. The van der Waals surface area contributed by atoms with Crippen LogP contribution in [0.2, 0.25) is 0 Å². The van der Waals surface area contributed by atoms with Gasteiger partial charge in [0.15, 0.2) is 0 Å². The van der Waals surface area contributed by atoms with E-state index >= 15 is 0 Å². The standard InChI is InChI=1S/C15H22BrNO3/c1-4-12(16)8-11-6-7-13(14(9-11)20-5-2)17-15(18)10-19-3/h6-7,9,12H,4-5,8,10H2,1-3H3,(H,17,18). The average Bonchev–Trinajstić information content (AvgIpc) is 2.42. The van der Waals surface area contributed by atoms with E-state index in [2.05, 4.69) is 28.2 Å². The quantitative estimate of drug-likeness (QED) is 0.736. The van der Waals surface area contributed by atoms with E-state index in [-0.39, 0.29) is 12.5 Å². The van der Waals surface area contributed by atoms with E-state index in [1.807, 2.05) is 25.1 Å². The zero-order valence-corrected chi connectivity index (χ0v) is 13.8. The molecule has 1 atom stereocenters. The van der Waals surface area contributed by atoms with Gasteiger partial charge in [0.05, 0.1) is 12.3 Å². The first kappa shape index (κ1) is 17.0. The summed E-state index contributed by atoms with van der Waals surface area (Å²) >= 11 is 3.63. The van der Waals surface area contributed by atoms with Gasteiger partial charge in [-0.1, -0.05) is 28.9 Å². The normalized spacial score (nSPS) is 12.0. The number of amides is 1. The summed E-state index contributed by atoms with van der Waals surface area (Å²) in [4.78, 5) is 12.0. The van der Waals surface area contributed by atoms with Crippen LogP contribution in [0.1, 0.15) is 25.8 Å². The summed E-state index contributed by atoms with van der Waals surface area (Å²) in [6.07, 6.45) is 2.00. The van der Waals surface area contributed by atoms with Gasteiger partial charge in [0, 0.05) is 11.9 Å². The Hall–Kier alpha value is -1.07. The molecule has 1 unspecified atom stereocenters. The van der Waals surface area contributed by atoms with Crippen LogP contribution in [-0.4, -0.2) is 31.1 Å². The molecule has 112 valence electrons. The van der Waals surface area contributed by atoms with Gasteiger partial charge >= 0.3 is 0 Å². The van der Waals surface area contributed by atoms with Crippen molar-refractivity contribution < 1.29 is 14.3 Å². The van der Waals surface area contributed by atoms with Gasteiger partial charge in [-0.3, -0.25) is 4.79 Å². The minimum atomic E-state index is -0.187. The van der Waals surface area contributed by atoms with E-state index in [1.165, 1.54) is 12.7 Å². The van der Waals surface area contributed by atoms with Crippen LogP contribution in [-0.2, 0) is 16.0 Å². The number of methoxy groups -OCH3 is 1. The number of nitrogens with one attached hydrogen (secondary N) is 1. The Morgan fingerprint density at radius 2 is 2.15 bits per heavy atom. The Kier molecular flexibility index (Phi) is 7.62. The van der Waals surface area contributed by atoms with Gasteiger partial charge in [-0.2, -0.15) is 0 Å². The molecule has 0 saturated carbocycles. The molecule has 1 aromatic carbocycles. The third-order valence-electron chi connectivity index (χ3n) is 2.80. The summed E-state index contributed by atoms with van der Waals surface area (Å²) in [5, 5.41) is 2.79. The maximum absolute atomic E-state index is 11.6. The van der Waals surface area contributed by atoms with Gasteiger partial charge in [0.2, 0.25) is 5.91 Å². The number of hydrogen-bond acceptors (Lipinski definition) is 3. The molecule has 1 N–H and O–H groups in total. The molecular weight excluding hydrogens is 322 g/mol. The van der Waals surface area contributed by atoms with Crippen molar-refractivity contribution in [3.8, 4) is 5.75 Å². The molecule has 0 aromatic heterocycles. The van der Waals surface area contributed by atoms with Gasteiger partial charge in [-0.15, -0.1) is 0 Å². The third kappa shape index (κ3) is 5.51. The number of hydrogen-bond donors (Lipinski definition) is 1. The molecule has 0 fully saturated rings. The summed E-state index contributed by atoms with van der Waals surface area (Å²) in [7, 11) is 1.49. The van der Waals surface area contributed by atoms with Crippen LogP contribution in [0.4, 0.5) is 5.69 Å². The summed E-state index contributed by atoms with van der Waals surface area (Å²) in [5.41, 5.74) is 1.86. The van der Waals surface area contributed by atoms with Gasteiger partial charge in [0.1, 0.15) is 12.4 Å². The van der Waals surface area contributed by atoms with Crippen LogP contribution in [0.3, 0.4) is 0 Å². The summed E-state index contributed by atoms with van der Waals surface area (Å²) < 4.78 is 10.4. The summed E-state index contributed by atoms with van der Waals surface area (Å²) in [6, 6.07) is 5.87. The maximum atomic E-state index is 11.6. The topological polar surface area (TPSA) is 47.6 Å². The first-order valence-corrected chi connectivity index (χ1v) is 7.70. The second kappa shape index (κ2) is 8.97. The Balaban J connectivity index is 2.86. The number of carbonyl (C=O) groups is 1. The van der Waals surface area contributed by atoms with Gasteiger partial charge in [-0.05, 0) is 37.5 Å². The molecule has 0 spiro atoms. The number of ether oxygens (including phenoxy) is 2. The molecule has 0 bridgehead atoms. The minimum absolute atomic E-state index is 0.0344. The summed E-state index contributed by atoms with van der Waals surface area (Å²) in [5.74, 6) is 0.512. The zero-order chi connectivity index (χ0) is 15.0. The molecular formula is C15H22BrNO3. The third-order valence-corrected chi connectivity index (χ3v) is 3.77. The van der Waals surface area contributed by atoms with Crippen molar-refractivity contribution >= 4 is 27.5 Å². The monoisotopic (exact) mass is 343 g/mol. The maximum Gasteiger partial charge on any atom is 0.250 e. The second-order valence-electron chi connectivity index (χ2n) is 4.45. The minimum Gasteiger partial charge on any atom is -0.492 e. The number of rotatable bonds is 8. The first-order valence-electron chi connectivity index (χ1n) is 6.79. The van der Waals surface area contributed by atoms with Crippen molar-refractivity contribution in [2.75, 3.05) is 25.6 Å². The Bertz CT molecular complexity index is 437. The average molecular weight is 344 g/mol. The van der Waals surface area contributed by atoms with Crippen LogP contribution in [0.25, 0.3) is 0 Å². The molecule has 4 nitrogen and oxygen atoms in total. The number of carbonyl (C=O) groups excluding carboxylic acids is 1. The molecule has 0 aliphatic rings. The Morgan fingerprint density at radius 3 is 2.75 bits per heavy atom. The Labute approximate surface area is 129 Å². The number of anilines is 1. The van der Waals surface area contributed by atoms with Crippen LogP contribution in [0.5, 0.6) is 5.75 Å². The number of benzene rings is 1. The predicted octanol–water partition coefficient (Wildman–Crippen LogP) is 3.39. The molecule has 1 aromatic rings. The van der Waals surface area contributed by atoms with Crippen molar-refractivity contribution in [2.24, 2.45) is 0 Å². The highest BCUT2D eigenvalue weighted by Crippen LogP contribution is 2.27. The smallest absolute Gasteiger partial charge is 0.250 e. The van der Waals surface area contributed by atoms with Crippen LogP contribution < -0.4 is 10.1 Å². The largest absolute Gasteiger partial charge is 0.492 e. The lowest BCUT2D eigenvalue weighted by molar-refractivity contribution is -0.119. The molecule has 0 aliphatic heterocycles. The van der Waals surface area contributed by atoms with Crippen molar-refractivity contribution in [2.45, 2.75) is 31.5 Å². The highest BCUT2D eigenvalue weighted by Gasteiger charge is 2.10. The zero-order valence-electron chi connectivity index (χ0n) is 12.2. The van der Waals surface area contributed by atoms with Crippen molar-refractivity contribution in [3.63, 3.8) is 0 Å². The molecule has 5 heteroatoms. The fraction of sp³-hybridized carbons (Fsp3) is 0.533. The van der Waals surface area contributed by atoms with E-state index in [0.29, 0.717) is 22.9 Å². The number of alkyl halides is 1. The van der Waals surface area contributed by atoms with Crippen molar-refractivity contribution in [1.29, 1.82) is 0 Å². The molecule has 20 heavy (non-hydrogen) atoms. The van der Waals surface area contributed by atoms with E-state index < -0.39 is 0 Å². The van der Waals surface area contributed by atoms with E-state index in [9.17, 15) is 4.79 Å². The molecule has 0 saturated heterocycles. The fourth-order valence-corrected chi connectivity index (χ4v) is 2.16. The van der Waals surface area contributed by atoms with Gasteiger partial charge in [0.25, 0.3) is 0 Å². The lowest BCUT2D eigenvalue weighted by Crippen LogP contribution is -2.18. The van der Waals surface area contributed by atoms with E-state index in [1.54, 1.807) is 0 Å². The van der Waals surface area contributed by atoms with Crippen molar-refractivity contribution in [3.05, 3.63) is 23.8 Å². The van der Waals surface area contributed by atoms with Crippen LogP contribution in [0, 0.1) is 0 Å². The highest BCUT2D eigenvalue weighted by atomic mass is 79.9. The van der Waals surface area contributed by atoms with Gasteiger partial charge < -0.3 is 14.8 Å². The van der Waals surface area contributed by atoms with E-state index in [0.717, 1.165) is 12.8 Å².